The zero-order valence-electron chi connectivity index (χ0n) is 17.0. The Morgan fingerprint density at radius 2 is 1.50 bits per heavy atom. The van der Waals surface area contributed by atoms with Gasteiger partial charge in [0.05, 0.1) is 21.8 Å². The van der Waals surface area contributed by atoms with Gasteiger partial charge in [-0.3, -0.25) is 0 Å². The lowest BCUT2D eigenvalue weighted by Crippen LogP contribution is -2.12. The third-order valence-corrected chi connectivity index (χ3v) is 8.04. The van der Waals surface area contributed by atoms with Crippen molar-refractivity contribution in [2.24, 2.45) is 0 Å². The van der Waals surface area contributed by atoms with Crippen LogP contribution in [0.15, 0.2) is 101 Å². The topological polar surface area (TPSA) is 57.9 Å². The van der Waals surface area contributed by atoms with E-state index in [4.69, 9.17) is 11.6 Å². The molecule has 1 unspecified atom stereocenters. The molecule has 0 aromatic heterocycles. The fourth-order valence-corrected chi connectivity index (χ4v) is 6.11. The molecule has 0 aliphatic heterocycles. The van der Waals surface area contributed by atoms with E-state index in [2.05, 4.69) is 12.1 Å². The molecule has 3 nitrogen and oxygen atoms in total. The molecular weight excluding hydrogens is 438 g/mol. The van der Waals surface area contributed by atoms with Crippen LogP contribution in [0.4, 0.5) is 0 Å². The molecule has 0 saturated heterocycles. The summed E-state index contributed by atoms with van der Waals surface area (Å²) in [7, 11) is -3.87. The molecule has 5 rings (SSSR count). The molecule has 0 spiro atoms. The van der Waals surface area contributed by atoms with Gasteiger partial charge in [-0.2, -0.15) is 5.26 Å². The van der Waals surface area contributed by atoms with Gasteiger partial charge in [0.15, 0.2) is 0 Å². The lowest BCUT2D eigenvalue weighted by Gasteiger charge is -2.20. The maximum Gasteiger partial charge on any atom is 0.206 e. The number of halogens is 1. The Morgan fingerprint density at radius 3 is 2.22 bits per heavy atom. The molecule has 1 atom stereocenters. The Labute approximate surface area is 192 Å². The minimum atomic E-state index is -3.87. The predicted octanol–water partition coefficient (Wildman–Crippen LogP) is 6.40. The van der Waals surface area contributed by atoms with E-state index >= 15 is 0 Å². The van der Waals surface area contributed by atoms with Crippen molar-refractivity contribution in [3.8, 4) is 17.2 Å². The summed E-state index contributed by atoms with van der Waals surface area (Å²) in [6.07, 6.45) is 0.593. The number of hydrogen-bond acceptors (Lipinski definition) is 3. The normalized spacial score (nSPS) is 13.1. The summed E-state index contributed by atoms with van der Waals surface area (Å²) in [5.74, 6) is -0.711. The average molecular weight is 456 g/mol. The van der Waals surface area contributed by atoms with Gasteiger partial charge in [-0.05, 0) is 70.1 Å². The molecule has 5 heteroatoms. The number of fused-ring (bicyclic) bond motifs is 3. The number of sulfone groups is 1. The highest BCUT2D eigenvalue weighted by atomic mass is 35.5. The molecule has 4 aromatic rings. The molecule has 0 saturated carbocycles. The highest BCUT2D eigenvalue weighted by Crippen LogP contribution is 2.45. The van der Waals surface area contributed by atoms with Crippen molar-refractivity contribution in [1.29, 1.82) is 5.26 Å². The van der Waals surface area contributed by atoms with Crippen LogP contribution in [-0.4, -0.2) is 8.42 Å². The highest BCUT2D eigenvalue weighted by Gasteiger charge is 2.33. The van der Waals surface area contributed by atoms with Gasteiger partial charge in [0.25, 0.3) is 0 Å². The summed E-state index contributed by atoms with van der Waals surface area (Å²) >= 11 is 5.98. The maximum atomic E-state index is 13.7. The molecule has 1 aliphatic rings. The quantitative estimate of drug-likeness (QED) is 0.315. The van der Waals surface area contributed by atoms with Gasteiger partial charge in [-0.25, -0.2) is 8.42 Å². The van der Waals surface area contributed by atoms with Gasteiger partial charge in [0.1, 0.15) is 0 Å². The van der Waals surface area contributed by atoms with E-state index in [0.29, 0.717) is 17.0 Å². The van der Waals surface area contributed by atoms with E-state index in [1.165, 1.54) is 12.1 Å². The van der Waals surface area contributed by atoms with Crippen LogP contribution in [0.1, 0.15) is 28.2 Å². The van der Waals surface area contributed by atoms with E-state index in [1.807, 2.05) is 54.6 Å². The predicted molar refractivity (Wildman–Crippen MR) is 125 cm³/mol. The van der Waals surface area contributed by atoms with Crippen molar-refractivity contribution in [3.63, 3.8) is 0 Å². The van der Waals surface area contributed by atoms with Crippen LogP contribution in [0.3, 0.4) is 0 Å². The number of nitrogens with zero attached hydrogens (tertiary/aromatic N) is 1. The third kappa shape index (κ3) is 3.31. The molecule has 0 heterocycles. The van der Waals surface area contributed by atoms with Crippen molar-refractivity contribution in [2.75, 3.05) is 0 Å². The fourth-order valence-electron chi connectivity index (χ4n) is 4.46. The van der Waals surface area contributed by atoms with E-state index in [-0.39, 0.29) is 9.79 Å². The lowest BCUT2D eigenvalue weighted by molar-refractivity contribution is 0.594. The largest absolute Gasteiger partial charge is 0.219 e. The Hall–Kier alpha value is -3.39. The Kier molecular flexibility index (Phi) is 5.09. The van der Waals surface area contributed by atoms with Gasteiger partial charge < -0.3 is 0 Å². The van der Waals surface area contributed by atoms with Gasteiger partial charge in [-0.15, -0.1) is 0 Å². The summed E-state index contributed by atoms with van der Waals surface area (Å²) < 4.78 is 27.5. The zero-order valence-corrected chi connectivity index (χ0v) is 18.6. The minimum Gasteiger partial charge on any atom is -0.219 e. The van der Waals surface area contributed by atoms with E-state index in [0.717, 1.165) is 27.8 Å². The summed E-state index contributed by atoms with van der Waals surface area (Å²) in [6.45, 7) is 0. The standard InChI is InChI=1S/C27H18ClNO2S/c28-20-10-12-21(13-11-20)32(30,31)26-15-14-23-22-9-5-4-8-19(22)16-24(23)27(26)25(17-29)18-6-2-1-3-7-18/h1-15,25H,16H2. The second-order valence-corrected chi connectivity index (χ2v) is 10.1. The van der Waals surface area contributed by atoms with Crippen LogP contribution in [0.5, 0.6) is 0 Å². The molecule has 4 aromatic carbocycles. The monoisotopic (exact) mass is 455 g/mol. The number of hydrogen-bond donors (Lipinski definition) is 0. The average Bonchev–Trinajstić information content (AvgIpc) is 3.20. The van der Waals surface area contributed by atoms with Crippen LogP contribution in [-0.2, 0) is 16.3 Å². The smallest absolute Gasteiger partial charge is 0.206 e. The zero-order chi connectivity index (χ0) is 22.3. The van der Waals surface area contributed by atoms with Crippen LogP contribution >= 0.6 is 11.6 Å². The first kappa shape index (κ1) is 20.5. The van der Waals surface area contributed by atoms with Crippen molar-refractivity contribution >= 4 is 21.4 Å². The minimum absolute atomic E-state index is 0.156. The second-order valence-electron chi connectivity index (χ2n) is 7.77. The van der Waals surface area contributed by atoms with E-state index < -0.39 is 15.8 Å². The molecular formula is C27H18ClNO2S. The van der Waals surface area contributed by atoms with Gasteiger partial charge in [0.2, 0.25) is 9.84 Å². The van der Waals surface area contributed by atoms with Crippen molar-refractivity contribution in [2.45, 2.75) is 22.1 Å². The van der Waals surface area contributed by atoms with Gasteiger partial charge >= 0.3 is 0 Å². The molecule has 156 valence electrons. The fraction of sp³-hybridized carbons (Fsp3) is 0.0741. The molecule has 0 radical (unpaired) electrons. The summed E-state index contributed by atoms with van der Waals surface area (Å²) in [4.78, 5) is 0.324. The first-order valence-electron chi connectivity index (χ1n) is 10.2. The van der Waals surface area contributed by atoms with Crippen molar-refractivity contribution in [1.82, 2.24) is 0 Å². The second kappa shape index (κ2) is 7.94. The van der Waals surface area contributed by atoms with Crippen LogP contribution in [0.25, 0.3) is 11.1 Å². The van der Waals surface area contributed by atoms with Crippen LogP contribution in [0.2, 0.25) is 5.02 Å². The molecule has 0 bridgehead atoms. The van der Waals surface area contributed by atoms with Gasteiger partial charge in [0, 0.05) is 5.02 Å². The third-order valence-electron chi connectivity index (χ3n) is 5.96. The molecule has 0 fully saturated rings. The lowest BCUT2D eigenvalue weighted by atomic mass is 9.87. The highest BCUT2D eigenvalue weighted by molar-refractivity contribution is 7.91. The van der Waals surface area contributed by atoms with Crippen LogP contribution in [0, 0.1) is 11.3 Å². The Bertz CT molecular complexity index is 1470. The summed E-state index contributed by atoms with van der Waals surface area (Å²) in [6, 6.07) is 29.4. The van der Waals surface area contributed by atoms with E-state index in [1.54, 1.807) is 18.2 Å². The molecule has 0 amide bonds. The number of nitriles is 1. The SMILES string of the molecule is N#CC(c1ccccc1)c1c(S(=O)(=O)c2ccc(Cl)cc2)ccc2c1Cc1ccccc1-2. The van der Waals surface area contributed by atoms with Gasteiger partial charge in [-0.1, -0.05) is 72.3 Å². The van der Waals surface area contributed by atoms with Crippen molar-refractivity contribution < 1.29 is 8.42 Å². The number of benzene rings is 4. The Balaban J connectivity index is 1.80. The Morgan fingerprint density at radius 1 is 0.812 bits per heavy atom. The molecule has 1 aliphatic carbocycles. The first-order chi connectivity index (χ1) is 15.5. The summed E-state index contributed by atoms with van der Waals surface area (Å²) in [5.41, 5.74) is 5.44. The van der Waals surface area contributed by atoms with Crippen LogP contribution < -0.4 is 0 Å². The van der Waals surface area contributed by atoms with Crippen molar-refractivity contribution in [3.05, 3.63) is 118 Å². The van der Waals surface area contributed by atoms with E-state index in [9.17, 15) is 13.7 Å². The summed E-state index contributed by atoms with van der Waals surface area (Å²) in [5, 5.41) is 10.7. The number of rotatable bonds is 4. The first-order valence-corrected chi connectivity index (χ1v) is 12.1. The molecule has 32 heavy (non-hydrogen) atoms. The maximum absolute atomic E-state index is 13.7. The molecule has 0 N–H and O–H groups in total.